The number of pyridine rings is 1. The van der Waals surface area contributed by atoms with Gasteiger partial charge >= 0.3 is 6.09 Å². The Labute approximate surface area is 217 Å². The average molecular weight is 506 g/mol. The molecule has 0 spiro atoms. The molecule has 0 radical (unpaired) electrons. The molecular formula is C29H35N3O5. The molecule has 1 aromatic heterocycles. The van der Waals surface area contributed by atoms with Gasteiger partial charge in [0, 0.05) is 44.8 Å². The first kappa shape index (κ1) is 25.1. The fraction of sp³-hybridized carbons (Fsp3) is 0.448. The maximum absolute atomic E-state index is 12.7. The van der Waals surface area contributed by atoms with E-state index in [1.165, 1.54) is 5.56 Å². The Hall–Kier alpha value is -3.52. The highest BCUT2D eigenvalue weighted by Crippen LogP contribution is 2.32. The van der Waals surface area contributed by atoms with E-state index < -0.39 is 6.09 Å². The molecule has 3 aromatic rings. The lowest BCUT2D eigenvalue weighted by atomic mass is 10.0. The Bertz CT molecular complexity index is 1330. The van der Waals surface area contributed by atoms with Crippen LogP contribution in [0.4, 0.5) is 4.79 Å². The predicted molar refractivity (Wildman–Crippen MR) is 143 cm³/mol. The van der Waals surface area contributed by atoms with Crippen molar-refractivity contribution >= 4 is 17.0 Å². The third-order valence-electron chi connectivity index (χ3n) is 7.52. The van der Waals surface area contributed by atoms with Crippen molar-refractivity contribution in [3.63, 3.8) is 0 Å². The van der Waals surface area contributed by atoms with Crippen LogP contribution in [-0.4, -0.2) is 64.5 Å². The summed E-state index contributed by atoms with van der Waals surface area (Å²) in [6.45, 7) is 8.65. The molecule has 196 valence electrons. The maximum Gasteiger partial charge on any atom is 0.407 e. The zero-order valence-electron chi connectivity index (χ0n) is 21.6. The highest BCUT2D eigenvalue weighted by atomic mass is 16.6. The molecule has 0 unspecified atom stereocenters. The standard InChI is InChI=1S/C29H35N3O5/c1-20(2)22-4-6-25-23(18-22)5-8-28(33)31(25)14-13-30-11-9-24(10-12-30)32(29(34)35)19-21-3-7-26-27(17-21)37-16-15-36-26/h3-8,17-18,20,24H,9-16,19H2,1-2H3,(H,34,35). The summed E-state index contributed by atoms with van der Waals surface area (Å²) in [6, 6.07) is 15.5. The minimum absolute atomic E-state index is 0.0103. The summed E-state index contributed by atoms with van der Waals surface area (Å²) in [5, 5.41) is 11.0. The van der Waals surface area contributed by atoms with Crippen molar-refractivity contribution in [2.45, 2.75) is 51.7 Å². The number of hydrogen-bond acceptors (Lipinski definition) is 5. The molecule has 0 aliphatic carbocycles. The third kappa shape index (κ3) is 5.59. The lowest BCUT2D eigenvalue weighted by molar-refractivity contribution is 0.0856. The van der Waals surface area contributed by atoms with Gasteiger partial charge in [-0.25, -0.2) is 4.79 Å². The Morgan fingerprint density at radius 1 is 1.00 bits per heavy atom. The number of carboxylic acid groups (broad SMARTS) is 1. The number of likely N-dealkylation sites (tertiary alicyclic amines) is 1. The van der Waals surface area contributed by atoms with Gasteiger partial charge in [0.15, 0.2) is 11.5 Å². The molecule has 2 aliphatic rings. The van der Waals surface area contributed by atoms with Gasteiger partial charge in [-0.1, -0.05) is 26.0 Å². The first-order valence-corrected chi connectivity index (χ1v) is 13.1. The van der Waals surface area contributed by atoms with Crippen LogP contribution in [0.2, 0.25) is 0 Å². The van der Waals surface area contributed by atoms with Gasteiger partial charge in [0.25, 0.3) is 5.56 Å². The Balaban J connectivity index is 1.20. The number of ether oxygens (including phenoxy) is 2. The van der Waals surface area contributed by atoms with Crippen LogP contribution >= 0.6 is 0 Å². The topological polar surface area (TPSA) is 84.2 Å². The van der Waals surface area contributed by atoms with E-state index in [0.29, 0.717) is 43.7 Å². The predicted octanol–water partition coefficient (Wildman–Crippen LogP) is 4.54. The van der Waals surface area contributed by atoms with Gasteiger partial charge in [-0.2, -0.15) is 0 Å². The molecular weight excluding hydrogens is 470 g/mol. The molecule has 37 heavy (non-hydrogen) atoms. The normalized spacial score (nSPS) is 16.3. The van der Waals surface area contributed by atoms with E-state index in [1.54, 1.807) is 11.0 Å². The Morgan fingerprint density at radius 3 is 2.49 bits per heavy atom. The van der Waals surface area contributed by atoms with Crippen LogP contribution in [0.1, 0.15) is 43.7 Å². The van der Waals surface area contributed by atoms with Gasteiger partial charge in [0.2, 0.25) is 0 Å². The highest BCUT2D eigenvalue weighted by molar-refractivity contribution is 5.79. The van der Waals surface area contributed by atoms with E-state index in [4.69, 9.17) is 9.47 Å². The summed E-state index contributed by atoms with van der Waals surface area (Å²) >= 11 is 0. The lowest BCUT2D eigenvalue weighted by Crippen LogP contribution is -2.47. The zero-order chi connectivity index (χ0) is 25.9. The number of hydrogen-bond donors (Lipinski definition) is 1. The summed E-state index contributed by atoms with van der Waals surface area (Å²) in [7, 11) is 0. The molecule has 8 heteroatoms. The number of aromatic nitrogens is 1. The minimum Gasteiger partial charge on any atom is -0.486 e. The van der Waals surface area contributed by atoms with E-state index >= 15 is 0 Å². The Kier molecular flexibility index (Phi) is 7.37. The molecule has 5 rings (SSSR count). The molecule has 1 N–H and O–H groups in total. The molecule has 2 aliphatic heterocycles. The van der Waals surface area contributed by atoms with Crippen molar-refractivity contribution in [2.75, 3.05) is 32.8 Å². The van der Waals surface area contributed by atoms with E-state index in [9.17, 15) is 14.7 Å². The number of nitrogens with zero attached hydrogens (tertiary/aromatic N) is 3. The fourth-order valence-electron chi connectivity index (χ4n) is 5.34. The number of benzene rings is 2. The van der Waals surface area contributed by atoms with Gasteiger partial charge in [0.05, 0.1) is 5.52 Å². The van der Waals surface area contributed by atoms with Gasteiger partial charge in [-0.05, 0) is 65.6 Å². The molecule has 1 saturated heterocycles. The molecule has 1 fully saturated rings. The molecule has 1 amide bonds. The average Bonchev–Trinajstić information content (AvgIpc) is 2.91. The van der Waals surface area contributed by atoms with Crippen molar-refractivity contribution in [1.29, 1.82) is 0 Å². The lowest BCUT2D eigenvalue weighted by Gasteiger charge is -2.37. The first-order chi connectivity index (χ1) is 17.9. The van der Waals surface area contributed by atoms with Crippen molar-refractivity contribution in [1.82, 2.24) is 14.4 Å². The SMILES string of the molecule is CC(C)c1ccc2c(ccc(=O)n2CCN2CCC(N(Cc3ccc4c(c3)OCCO4)C(=O)O)CC2)c1. The van der Waals surface area contributed by atoms with Crippen molar-refractivity contribution < 1.29 is 19.4 Å². The summed E-state index contributed by atoms with van der Waals surface area (Å²) in [5.41, 5.74) is 3.13. The van der Waals surface area contributed by atoms with Crippen LogP contribution in [0.15, 0.2) is 53.3 Å². The zero-order valence-corrected chi connectivity index (χ0v) is 21.6. The quantitative estimate of drug-likeness (QED) is 0.508. The number of rotatable bonds is 7. The third-order valence-corrected chi connectivity index (χ3v) is 7.52. The van der Waals surface area contributed by atoms with Gasteiger partial charge in [0.1, 0.15) is 13.2 Å². The number of piperidine rings is 1. The number of amides is 1. The second kappa shape index (κ2) is 10.8. The molecule has 3 heterocycles. The van der Waals surface area contributed by atoms with Crippen LogP contribution in [0, 0.1) is 0 Å². The van der Waals surface area contributed by atoms with Gasteiger partial charge in [-0.3, -0.25) is 4.79 Å². The van der Waals surface area contributed by atoms with Crippen molar-refractivity contribution in [3.8, 4) is 11.5 Å². The van der Waals surface area contributed by atoms with Crippen LogP contribution in [0.3, 0.4) is 0 Å². The van der Waals surface area contributed by atoms with Gasteiger partial charge < -0.3 is 28.9 Å². The van der Waals surface area contributed by atoms with Gasteiger partial charge in [-0.15, -0.1) is 0 Å². The van der Waals surface area contributed by atoms with Crippen LogP contribution in [0.5, 0.6) is 11.5 Å². The van der Waals surface area contributed by atoms with Crippen molar-refractivity contribution in [3.05, 3.63) is 70.0 Å². The van der Waals surface area contributed by atoms with Crippen LogP contribution in [-0.2, 0) is 13.1 Å². The van der Waals surface area contributed by atoms with E-state index in [2.05, 4.69) is 36.9 Å². The van der Waals surface area contributed by atoms with Crippen molar-refractivity contribution in [2.24, 2.45) is 0 Å². The van der Waals surface area contributed by atoms with E-state index in [0.717, 1.165) is 48.9 Å². The fourth-order valence-corrected chi connectivity index (χ4v) is 5.34. The van der Waals surface area contributed by atoms with Crippen LogP contribution < -0.4 is 15.0 Å². The maximum atomic E-state index is 12.7. The second-order valence-corrected chi connectivity index (χ2v) is 10.3. The summed E-state index contributed by atoms with van der Waals surface area (Å²) in [5.74, 6) is 1.81. The minimum atomic E-state index is -0.906. The molecule has 0 bridgehead atoms. The monoisotopic (exact) mass is 505 g/mol. The molecule has 8 nitrogen and oxygen atoms in total. The highest BCUT2D eigenvalue weighted by Gasteiger charge is 2.28. The summed E-state index contributed by atoms with van der Waals surface area (Å²) in [6.07, 6.45) is 0.620. The summed E-state index contributed by atoms with van der Waals surface area (Å²) in [4.78, 5) is 28.7. The second-order valence-electron chi connectivity index (χ2n) is 10.3. The van der Waals surface area contributed by atoms with E-state index in [1.807, 2.05) is 28.8 Å². The smallest absolute Gasteiger partial charge is 0.407 e. The van der Waals surface area contributed by atoms with E-state index in [-0.39, 0.29) is 11.6 Å². The largest absolute Gasteiger partial charge is 0.486 e. The number of fused-ring (bicyclic) bond motifs is 2. The summed E-state index contributed by atoms with van der Waals surface area (Å²) < 4.78 is 13.1. The van der Waals surface area contributed by atoms with Crippen LogP contribution in [0.25, 0.3) is 10.9 Å². The number of carbonyl (C=O) groups is 1. The molecule has 0 atom stereocenters. The first-order valence-electron chi connectivity index (χ1n) is 13.1. The Morgan fingerprint density at radius 2 is 1.76 bits per heavy atom. The molecule has 0 saturated carbocycles. The molecule has 2 aromatic carbocycles.